The maximum atomic E-state index is 12.7. The number of hydrogen-bond donors (Lipinski definition) is 3. The predicted molar refractivity (Wildman–Crippen MR) is 111 cm³/mol. The molecule has 1 aromatic heterocycles. The van der Waals surface area contributed by atoms with E-state index in [9.17, 15) is 9.90 Å². The second-order valence-electron chi connectivity index (χ2n) is 7.74. The van der Waals surface area contributed by atoms with Gasteiger partial charge in [0.1, 0.15) is 0 Å². The van der Waals surface area contributed by atoms with Crippen LogP contribution in [0.5, 0.6) is 0 Å². The van der Waals surface area contributed by atoms with E-state index in [-0.39, 0.29) is 12.5 Å². The summed E-state index contributed by atoms with van der Waals surface area (Å²) in [6.45, 7) is 0.284. The molecule has 3 N–H and O–H groups in total. The first-order chi connectivity index (χ1) is 13.6. The largest absolute Gasteiger partial charge is 0.388 e. The summed E-state index contributed by atoms with van der Waals surface area (Å²) < 4.78 is 0. The van der Waals surface area contributed by atoms with Crippen LogP contribution in [0.4, 0.5) is 0 Å². The summed E-state index contributed by atoms with van der Waals surface area (Å²) in [6, 6.07) is 20.3. The predicted octanol–water partition coefficient (Wildman–Crippen LogP) is 4.50. The highest BCUT2D eigenvalue weighted by atomic mass is 16.3. The number of H-pyrrole nitrogens is 1. The van der Waals surface area contributed by atoms with Crippen molar-refractivity contribution >= 4 is 5.91 Å². The number of aliphatic hydroxyl groups is 1. The highest BCUT2D eigenvalue weighted by molar-refractivity contribution is 6.00. The standard InChI is InChI=1S/C24H26N2O2/c27-23(22-16-25-15-21(22)20-9-5-2-6-10-20)26-17-24(28)13-11-19(12-14-24)18-7-3-1-4-8-18/h1-10,15-16,19,25,28H,11-14,17H2,(H,26,27). The fraction of sp³-hybridized carbons (Fsp3) is 0.292. The first kappa shape index (κ1) is 18.5. The van der Waals surface area contributed by atoms with Crippen molar-refractivity contribution in [3.63, 3.8) is 0 Å². The van der Waals surface area contributed by atoms with Gasteiger partial charge in [0.05, 0.1) is 11.2 Å². The smallest absolute Gasteiger partial charge is 0.253 e. The molecule has 3 aromatic rings. The third-order valence-electron chi connectivity index (χ3n) is 5.84. The zero-order valence-electron chi connectivity index (χ0n) is 15.9. The zero-order chi connectivity index (χ0) is 19.4. The van der Waals surface area contributed by atoms with Gasteiger partial charge in [-0.3, -0.25) is 4.79 Å². The van der Waals surface area contributed by atoms with Crippen LogP contribution in [0, 0.1) is 0 Å². The van der Waals surface area contributed by atoms with Gasteiger partial charge in [-0.2, -0.15) is 0 Å². The van der Waals surface area contributed by atoms with E-state index in [0.29, 0.717) is 24.3 Å². The number of benzene rings is 2. The Morgan fingerprint density at radius 2 is 1.64 bits per heavy atom. The van der Waals surface area contributed by atoms with Gasteiger partial charge in [0, 0.05) is 24.5 Å². The molecule has 1 saturated carbocycles. The molecule has 28 heavy (non-hydrogen) atoms. The Balaban J connectivity index is 1.36. The maximum absolute atomic E-state index is 12.7. The number of amides is 1. The second-order valence-corrected chi connectivity index (χ2v) is 7.74. The average molecular weight is 374 g/mol. The highest BCUT2D eigenvalue weighted by Gasteiger charge is 2.34. The second kappa shape index (κ2) is 8.03. The molecule has 2 aromatic carbocycles. The molecule has 4 heteroatoms. The van der Waals surface area contributed by atoms with E-state index in [0.717, 1.165) is 24.0 Å². The number of hydrogen-bond acceptors (Lipinski definition) is 2. The van der Waals surface area contributed by atoms with Crippen molar-refractivity contribution in [3.05, 3.63) is 84.2 Å². The molecule has 0 saturated heterocycles. The van der Waals surface area contributed by atoms with E-state index in [4.69, 9.17) is 0 Å². The van der Waals surface area contributed by atoms with E-state index in [2.05, 4.69) is 34.6 Å². The monoisotopic (exact) mass is 374 g/mol. The van der Waals surface area contributed by atoms with Crippen molar-refractivity contribution in [2.24, 2.45) is 0 Å². The summed E-state index contributed by atoms with van der Waals surface area (Å²) in [5, 5.41) is 13.9. The number of rotatable bonds is 5. The van der Waals surface area contributed by atoms with Crippen molar-refractivity contribution in [1.82, 2.24) is 10.3 Å². The number of nitrogens with one attached hydrogen (secondary N) is 2. The molecule has 0 unspecified atom stereocenters. The summed E-state index contributed by atoms with van der Waals surface area (Å²) in [5.41, 5.74) is 2.99. The summed E-state index contributed by atoms with van der Waals surface area (Å²) in [6.07, 6.45) is 6.83. The molecule has 1 heterocycles. The lowest BCUT2D eigenvalue weighted by atomic mass is 9.76. The Hall–Kier alpha value is -2.85. The van der Waals surface area contributed by atoms with Gasteiger partial charge in [-0.05, 0) is 42.7 Å². The number of carbonyl (C=O) groups is 1. The minimum atomic E-state index is -0.829. The zero-order valence-corrected chi connectivity index (χ0v) is 15.9. The number of carbonyl (C=O) groups excluding carboxylic acids is 1. The highest BCUT2D eigenvalue weighted by Crippen LogP contribution is 2.37. The molecule has 0 radical (unpaired) electrons. The molecule has 1 aliphatic carbocycles. The van der Waals surface area contributed by atoms with Crippen molar-refractivity contribution in [3.8, 4) is 11.1 Å². The SMILES string of the molecule is O=C(NCC1(O)CCC(c2ccccc2)CC1)c1c[nH]cc1-c1ccccc1. The van der Waals surface area contributed by atoms with Crippen LogP contribution in [-0.2, 0) is 0 Å². The Kier molecular flexibility index (Phi) is 5.31. The Morgan fingerprint density at radius 3 is 2.32 bits per heavy atom. The van der Waals surface area contributed by atoms with Crippen LogP contribution in [0.3, 0.4) is 0 Å². The lowest BCUT2D eigenvalue weighted by molar-refractivity contribution is 0.000558. The fourth-order valence-electron chi connectivity index (χ4n) is 4.14. The van der Waals surface area contributed by atoms with E-state index in [1.807, 2.05) is 42.6 Å². The van der Waals surface area contributed by atoms with Gasteiger partial charge in [-0.1, -0.05) is 60.7 Å². The van der Waals surface area contributed by atoms with Crippen LogP contribution in [0.1, 0.15) is 47.5 Å². The summed E-state index contributed by atoms with van der Waals surface area (Å²) in [5.74, 6) is 0.338. The molecule has 0 spiro atoms. The third-order valence-corrected chi connectivity index (χ3v) is 5.84. The molecule has 4 rings (SSSR count). The molecule has 1 amide bonds. The van der Waals surface area contributed by atoms with Crippen LogP contribution < -0.4 is 5.32 Å². The minimum absolute atomic E-state index is 0.154. The molecule has 1 fully saturated rings. The minimum Gasteiger partial charge on any atom is -0.388 e. The van der Waals surface area contributed by atoms with Gasteiger partial charge in [-0.15, -0.1) is 0 Å². The van der Waals surface area contributed by atoms with Gasteiger partial charge in [0.25, 0.3) is 5.91 Å². The molecule has 0 aliphatic heterocycles. The Labute approximate surface area is 165 Å². The lowest BCUT2D eigenvalue weighted by Gasteiger charge is -2.36. The average Bonchev–Trinajstić information content (AvgIpc) is 3.24. The fourth-order valence-corrected chi connectivity index (χ4v) is 4.14. The first-order valence-corrected chi connectivity index (χ1v) is 9.92. The van der Waals surface area contributed by atoms with Crippen molar-refractivity contribution < 1.29 is 9.90 Å². The van der Waals surface area contributed by atoms with Gasteiger partial charge in [-0.25, -0.2) is 0 Å². The number of aromatic nitrogens is 1. The van der Waals surface area contributed by atoms with E-state index >= 15 is 0 Å². The van der Waals surface area contributed by atoms with Crippen LogP contribution >= 0.6 is 0 Å². The molecule has 4 nitrogen and oxygen atoms in total. The number of aromatic amines is 1. The van der Waals surface area contributed by atoms with Crippen LogP contribution in [0.15, 0.2) is 73.1 Å². The molecule has 0 bridgehead atoms. The van der Waals surface area contributed by atoms with Gasteiger partial charge < -0.3 is 15.4 Å². The molecular formula is C24H26N2O2. The van der Waals surface area contributed by atoms with Crippen LogP contribution in [0.2, 0.25) is 0 Å². The first-order valence-electron chi connectivity index (χ1n) is 9.92. The van der Waals surface area contributed by atoms with Crippen LogP contribution in [-0.4, -0.2) is 28.1 Å². The van der Waals surface area contributed by atoms with E-state index in [1.54, 1.807) is 6.20 Å². The summed E-state index contributed by atoms with van der Waals surface area (Å²) >= 11 is 0. The molecule has 144 valence electrons. The van der Waals surface area contributed by atoms with Crippen molar-refractivity contribution in [1.29, 1.82) is 0 Å². The van der Waals surface area contributed by atoms with Crippen molar-refractivity contribution in [2.45, 2.75) is 37.2 Å². The van der Waals surface area contributed by atoms with Gasteiger partial charge in [0.2, 0.25) is 0 Å². The molecule has 0 atom stereocenters. The Bertz CT molecular complexity index is 910. The van der Waals surface area contributed by atoms with E-state index < -0.39 is 5.60 Å². The van der Waals surface area contributed by atoms with E-state index in [1.165, 1.54) is 5.56 Å². The normalized spacial score (nSPS) is 22.0. The molecular weight excluding hydrogens is 348 g/mol. The van der Waals surface area contributed by atoms with Crippen LogP contribution in [0.25, 0.3) is 11.1 Å². The summed E-state index contributed by atoms with van der Waals surface area (Å²) in [4.78, 5) is 15.8. The Morgan fingerprint density at radius 1 is 1.00 bits per heavy atom. The summed E-state index contributed by atoms with van der Waals surface area (Å²) in [7, 11) is 0. The third kappa shape index (κ3) is 4.02. The quantitative estimate of drug-likeness (QED) is 0.616. The topological polar surface area (TPSA) is 65.1 Å². The maximum Gasteiger partial charge on any atom is 0.253 e. The van der Waals surface area contributed by atoms with Crippen molar-refractivity contribution in [2.75, 3.05) is 6.54 Å². The molecule has 1 aliphatic rings. The van der Waals surface area contributed by atoms with Gasteiger partial charge in [0.15, 0.2) is 0 Å². The van der Waals surface area contributed by atoms with Gasteiger partial charge >= 0.3 is 0 Å². The lowest BCUT2D eigenvalue weighted by Crippen LogP contribution is -2.45.